The lowest BCUT2D eigenvalue weighted by atomic mass is 10.1. The molecule has 0 radical (unpaired) electrons. The number of alkyl halides is 3. The normalized spacial score (nSPS) is 11.7. The molecular formula is C13H18F3N3O. The summed E-state index contributed by atoms with van der Waals surface area (Å²) in [5.41, 5.74) is 11.6. The van der Waals surface area contributed by atoms with Gasteiger partial charge in [0.25, 0.3) is 5.91 Å². The van der Waals surface area contributed by atoms with Crippen LogP contribution in [0.3, 0.4) is 0 Å². The highest BCUT2D eigenvalue weighted by Crippen LogP contribution is 2.22. The minimum absolute atomic E-state index is 0.00214. The molecule has 7 heteroatoms. The van der Waals surface area contributed by atoms with Crippen LogP contribution in [0.15, 0.2) is 18.2 Å². The van der Waals surface area contributed by atoms with E-state index < -0.39 is 18.6 Å². The van der Waals surface area contributed by atoms with Crippen molar-refractivity contribution in [3.05, 3.63) is 23.8 Å². The van der Waals surface area contributed by atoms with Crippen LogP contribution >= 0.6 is 0 Å². The van der Waals surface area contributed by atoms with Gasteiger partial charge in [0.05, 0.1) is 5.56 Å². The number of rotatable bonds is 4. The Balaban J connectivity index is 3.03. The lowest BCUT2D eigenvalue weighted by Gasteiger charge is -2.26. The van der Waals surface area contributed by atoms with Gasteiger partial charge in [-0.15, -0.1) is 0 Å². The summed E-state index contributed by atoms with van der Waals surface area (Å²) in [6.45, 7) is 2.18. The molecule has 0 heterocycles. The Kier molecular flexibility index (Phi) is 4.86. The Morgan fingerprint density at radius 2 is 1.90 bits per heavy atom. The quantitative estimate of drug-likeness (QED) is 0.836. The highest BCUT2D eigenvalue weighted by atomic mass is 19.4. The van der Waals surface area contributed by atoms with Crippen molar-refractivity contribution in [3.63, 3.8) is 0 Å². The predicted molar refractivity (Wildman–Crippen MR) is 72.1 cm³/mol. The predicted octanol–water partition coefficient (Wildman–Crippen LogP) is 2.51. The van der Waals surface area contributed by atoms with E-state index in [4.69, 9.17) is 11.5 Å². The van der Waals surface area contributed by atoms with Gasteiger partial charge in [-0.1, -0.05) is 13.8 Å². The Morgan fingerprint density at radius 1 is 1.30 bits per heavy atom. The first-order valence-corrected chi connectivity index (χ1v) is 6.11. The maximum absolute atomic E-state index is 12.6. The lowest BCUT2D eigenvalue weighted by molar-refractivity contribution is -0.141. The van der Waals surface area contributed by atoms with E-state index in [0.29, 0.717) is 5.69 Å². The monoisotopic (exact) mass is 289 g/mol. The van der Waals surface area contributed by atoms with Crippen LogP contribution in [-0.4, -0.2) is 30.1 Å². The summed E-state index contributed by atoms with van der Waals surface area (Å²) in [5.74, 6) is -0.829. The number of benzene rings is 1. The van der Waals surface area contributed by atoms with Crippen LogP contribution in [0.25, 0.3) is 0 Å². The first kappa shape index (κ1) is 16.1. The first-order valence-electron chi connectivity index (χ1n) is 6.11. The molecule has 0 unspecified atom stereocenters. The number of carbonyl (C=O) groups is 1. The first-order chi connectivity index (χ1) is 9.10. The van der Waals surface area contributed by atoms with Gasteiger partial charge < -0.3 is 16.4 Å². The largest absolute Gasteiger partial charge is 0.406 e. The van der Waals surface area contributed by atoms with Crippen molar-refractivity contribution >= 4 is 17.3 Å². The molecule has 20 heavy (non-hydrogen) atoms. The van der Waals surface area contributed by atoms with Gasteiger partial charge in [0.2, 0.25) is 0 Å². The third-order valence-electron chi connectivity index (χ3n) is 2.55. The fourth-order valence-electron chi connectivity index (χ4n) is 1.82. The molecule has 1 aromatic carbocycles. The highest BCUT2D eigenvalue weighted by Gasteiger charge is 2.34. The van der Waals surface area contributed by atoms with Crippen molar-refractivity contribution in [2.75, 3.05) is 24.6 Å². The zero-order chi connectivity index (χ0) is 15.5. The van der Waals surface area contributed by atoms with Crippen LogP contribution in [0.2, 0.25) is 0 Å². The molecule has 112 valence electrons. The van der Waals surface area contributed by atoms with Gasteiger partial charge in [-0.05, 0) is 24.1 Å². The Hall–Kier alpha value is -1.92. The van der Waals surface area contributed by atoms with Gasteiger partial charge in [0, 0.05) is 17.9 Å². The molecule has 4 nitrogen and oxygen atoms in total. The molecule has 0 saturated carbocycles. The number of hydrogen-bond acceptors (Lipinski definition) is 3. The molecule has 0 aromatic heterocycles. The van der Waals surface area contributed by atoms with Crippen LogP contribution in [0.5, 0.6) is 0 Å². The van der Waals surface area contributed by atoms with Crippen molar-refractivity contribution < 1.29 is 18.0 Å². The van der Waals surface area contributed by atoms with E-state index >= 15 is 0 Å². The molecule has 0 fully saturated rings. The maximum Gasteiger partial charge on any atom is 0.406 e. The smallest absolute Gasteiger partial charge is 0.399 e. The highest BCUT2D eigenvalue weighted by molar-refractivity contribution is 5.99. The van der Waals surface area contributed by atoms with Gasteiger partial charge >= 0.3 is 6.18 Å². The van der Waals surface area contributed by atoms with Crippen molar-refractivity contribution in [3.8, 4) is 0 Å². The summed E-state index contributed by atoms with van der Waals surface area (Å²) in [5, 5.41) is 0. The zero-order valence-electron chi connectivity index (χ0n) is 11.4. The minimum Gasteiger partial charge on any atom is -0.399 e. The third kappa shape index (κ3) is 4.64. The number of nitrogens with zero attached hydrogens (tertiary/aromatic N) is 1. The van der Waals surface area contributed by atoms with Gasteiger partial charge in [-0.3, -0.25) is 4.79 Å². The SMILES string of the molecule is CC(C)CN(CC(F)(F)F)C(=O)c1ccc(N)cc1N. The van der Waals surface area contributed by atoms with Crippen LogP contribution in [-0.2, 0) is 0 Å². The Labute approximate surface area is 115 Å². The zero-order valence-corrected chi connectivity index (χ0v) is 11.4. The number of anilines is 2. The molecule has 0 aliphatic rings. The summed E-state index contributed by atoms with van der Waals surface area (Å²) >= 11 is 0. The second kappa shape index (κ2) is 6.02. The van der Waals surface area contributed by atoms with Crippen molar-refractivity contribution in [1.29, 1.82) is 0 Å². The molecule has 0 saturated heterocycles. The Bertz CT molecular complexity index is 486. The second-order valence-corrected chi connectivity index (χ2v) is 5.04. The van der Waals surface area contributed by atoms with Crippen molar-refractivity contribution in [2.24, 2.45) is 5.92 Å². The molecular weight excluding hydrogens is 271 g/mol. The summed E-state index contributed by atoms with van der Waals surface area (Å²) in [6, 6.07) is 4.13. The molecule has 1 aromatic rings. The van der Waals surface area contributed by atoms with Crippen LogP contribution < -0.4 is 11.5 Å². The van der Waals surface area contributed by atoms with E-state index in [1.165, 1.54) is 18.2 Å². The number of amides is 1. The maximum atomic E-state index is 12.6. The summed E-state index contributed by atoms with van der Waals surface area (Å²) in [4.78, 5) is 13.0. The summed E-state index contributed by atoms with van der Waals surface area (Å²) in [6.07, 6.45) is -4.45. The average molecular weight is 289 g/mol. The topological polar surface area (TPSA) is 72.3 Å². The molecule has 1 rings (SSSR count). The average Bonchev–Trinajstić information content (AvgIpc) is 2.24. The Morgan fingerprint density at radius 3 is 2.35 bits per heavy atom. The van der Waals surface area contributed by atoms with Gasteiger partial charge in [-0.25, -0.2) is 0 Å². The molecule has 0 aliphatic carbocycles. The van der Waals surface area contributed by atoms with Gasteiger partial charge in [0.1, 0.15) is 6.54 Å². The van der Waals surface area contributed by atoms with Crippen LogP contribution in [0.4, 0.5) is 24.5 Å². The van der Waals surface area contributed by atoms with Crippen LogP contribution in [0.1, 0.15) is 24.2 Å². The number of nitrogen functional groups attached to an aromatic ring is 2. The van der Waals surface area contributed by atoms with E-state index in [2.05, 4.69) is 0 Å². The van der Waals surface area contributed by atoms with E-state index in [1.807, 2.05) is 0 Å². The number of nitrogens with two attached hydrogens (primary N) is 2. The third-order valence-corrected chi connectivity index (χ3v) is 2.55. The number of halogens is 3. The molecule has 0 bridgehead atoms. The minimum atomic E-state index is -4.45. The van der Waals surface area contributed by atoms with E-state index in [9.17, 15) is 18.0 Å². The number of hydrogen-bond donors (Lipinski definition) is 2. The second-order valence-electron chi connectivity index (χ2n) is 5.04. The summed E-state index contributed by atoms with van der Waals surface area (Å²) < 4.78 is 37.7. The fourth-order valence-corrected chi connectivity index (χ4v) is 1.82. The van der Waals surface area contributed by atoms with Crippen LogP contribution in [0, 0.1) is 5.92 Å². The molecule has 4 N–H and O–H groups in total. The van der Waals surface area contributed by atoms with Gasteiger partial charge in [-0.2, -0.15) is 13.2 Å². The van der Waals surface area contributed by atoms with E-state index in [0.717, 1.165) is 4.90 Å². The van der Waals surface area contributed by atoms with Crippen molar-refractivity contribution in [1.82, 2.24) is 4.90 Å². The number of carbonyl (C=O) groups excluding carboxylic acids is 1. The fraction of sp³-hybridized carbons (Fsp3) is 0.462. The molecule has 0 atom stereocenters. The van der Waals surface area contributed by atoms with E-state index in [1.54, 1.807) is 13.8 Å². The molecule has 0 aliphatic heterocycles. The van der Waals surface area contributed by atoms with Crippen molar-refractivity contribution in [2.45, 2.75) is 20.0 Å². The standard InChI is InChI=1S/C13H18F3N3O/c1-8(2)6-19(7-13(14,15)16)12(20)10-4-3-9(17)5-11(10)18/h3-5,8H,6-7,17-18H2,1-2H3. The lowest BCUT2D eigenvalue weighted by Crippen LogP contribution is -2.41. The molecule has 1 amide bonds. The van der Waals surface area contributed by atoms with Gasteiger partial charge in [0.15, 0.2) is 0 Å². The molecule has 0 spiro atoms. The van der Waals surface area contributed by atoms with E-state index in [-0.39, 0.29) is 23.7 Å². The summed E-state index contributed by atoms with van der Waals surface area (Å²) in [7, 11) is 0.